The van der Waals surface area contributed by atoms with Crippen LogP contribution in [0.4, 0.5) is 0 Å². The third-order valence-corrected chi connectivity index (χ3v) is 8.95. The average Bonchev–Trinajstić information content (AvgIpc) is 3.04. The summed E-state index contributed by atoms with van der Waals surface area (Å²) in [6.45, 7) is 8.32. The van der Waals surface area contributed by atoms with Gasteiger partial charge in [-0.15, -0.1) is 0 Å². The van der Waals surface area contributed by atoms with Gasteiger partial charge in [0.2, 0.25) is 5.43 Å². The molecule has 1 heterocycles. The topological polar surface area (TPSA) is 73.3 Å². The molecule has 0 saturated heterocycles. The molecule has 0 spiro atoms. The second-order valence-electron chi connectivity index (χ2n) is 13.0. The minimum Gasteiger partial charge on any atom is -0.497 e. The number of ether oxygens (including phenoxy) is 2. The van der Waals surface area contributed by atoms with Crippen molar-refractivity contribution in [1.29, 1.82) is 0 Å². The van der Waals surface area contributed by atoms with Gasteiger partial charge in [0.1, 0.15) is 5.75 Å². The zero-order valence-electron chi connectivity index (χ0n) is 27.5. The second kappa shape index (κ2) is 16.4. The monoisotopic (exact) mass is 610 g/mol. The molecule has 0 unspecified atom stereocenters. The van der Waals surface area contributed by atoms with E-state index in [1.54, 1.807) is 7.11 Å². The van der Waals surface area contributed by atoms with Gasteiger partial charge in [-0.05, 0) is 47.1 Å². The van der Waals surface area contributed by atoms with Crippen LogP contribution >= 0.6 is 0 Å². The number of benzene rings is 3. The smallest absolute Gasteiger partial charge is 0.313 e. The minimum absolute atomic E-state index is 0.0277. The van der Waals surface area contributed by atoms with E-state index in [0.29, 0.717) is 12.3 Å². The molecule has 0 amide bonds. The molecule has 0 aliphatic rings. The van der Waals surface area contributed by atoms with Crippen LogP contribution in [0.1, 0.15) is 94.5 Å². The molecule has 45 heavy (non-hydrogen) atoms. The Labute approximate surface area is 268 Å². The van der Waals surface area contributed by atoms with Gasteiger partial charge in [0, 0.05) is 18.1 Å². The fourth-order valence-electron chi connectivity index (χ4n) is 6.51. The zero-order chi connectivity index (χ0) is 32.1. The van der Waals surface area contributed by atoms with Crippen LogP contribution in [-0.2, 0) is 23.3 Å². The highest BCUT2D eigenvalue weighted by molar-refractivity contribution is 5.41. The van der Waals surface area contributed by atoms with Gasteiger partial charge in [0.15, 0.2) is 0 Å². The predicted octanol–water partition coefficient (Wildman–Crippen LogP) is 8.26. The first-order valence-electron chi connectivity index (χ1n) is 16.4. The van der Waals surface area contributed by atoms with Gasteiger partial charge >= 0.3 is 5.56 Å². The molecule has 0 atom stereocenters. The van der Waals surface area contributed by atoms with E-state index in [1.807, 2.05) is 24.3 Å². The summed E-state index contributed by atoms with van der Waals surface area (Å²) in [5.41, 5.74) is 3.26. The number of unbranched alkanes of at least 4 members (excludes halogenated alkanes) is 6. The lowest BCUT2D eigenvalue weighted by molar-refractivity contribution is 0.112. The van der Waals surface area contributed by atoms with E-state index in [2.05, 4.69) is 86.5 Å². The van der Waals surface area contributed by atoms with Crippen molar-refractivity contribution < 1.29 is 9.47 Å². The van der Waals surface area contributed by atoms with Crippen molar-refractivity contribution in [1.82, 2.24) is 9.78 Å². The van der Waals surface area contributed by atoms with Crippen LogP contribution in [-0.4, -0.2) is 23.5 Å². The highest BCUT2D eigenvalue weighted by atomic mass is 16.5. The Balaban J connectivity index is 1.18. The number of nitrogens with one attached hydrogen (secondary N) is 1. The number of methoxy groups -OCH3 is 1. The van der Waals surface area contributed by atoms with Gasteiger partial charge < -0.3 is 9.47 Å². The van der Waals surface area contributed by atoms with Crippen molar-refractivity contribution in [3.63, 3.8) is 0 Å². The molecule has 1 aromatic heterocycles. The Morgan fingerprint density at radius 3 is 1.82 bits per heavy atom. The minimum atomic E-state index is -0.571. The number of nitrogens with zero attached hydrogens (tertiary/aromatic N) is 1. The Bertz CT molecular complexity index is 1510. The van der Waals surface area contributed by atoms with E-state index in [9.17, 15) is 9.59 Å². The number of rotatable bonds is 17. The molecule has 0 saturated carbocycles. The fraction of sp³-hybridized carbons (Fsp3) is 0.436. The second-order valence-corrected chi connectivity index (χ2v) is 13.0. The highest BCUT2D eigenvalue weighted by Gasteiger charge is 2.44. The van der Waals surface area contributed by atoms with E-state index in [4.69, 9.17) is 9.47 Å². The van der Waals surface area contributed by atoms with Crippen molar-refractivity contribution in [2.24, 2.45) is 5.41 Å². The summed E-state index contributed by atoms with van der Waals surface area (Å²) >= 11 is 0. The molecule has 4 aromatic rings. The lowest BCUT2D eigenvalue weighted by atomic mass is 9.57. The van der Waals surface area contributed by atoms with Gasteiger partial charge in [-0.25, -0.2) is 4.68 Å². The number of hydrogen-bond donors (Lipinski definition) is 1. The van der Waals surface area contributed by atoms with Crippen molar-refractivity contribution in [2.45, 2.75) is 90.7 Å². The summed E-state index contributed by atoms with van der Waals surface area (Å²) in [7, 11) is 1.61. The van der Waals surface area contributed by atoms with E-state index in [1.165, 1.54) is 54.0 Å². The van der Waals surface area contributed by atoms with Gasteiger partial charge in [0.05, 0.1) is 26.0 Å². The third-order valence-electron chi connectivity index (χ3n) is 8.95. The Kier molecular flexibility index (Phi) is 12.4. The van der Waals surface area contributed by atoms with E-state index in [-0.39, 0.29) is 24.0 Å². The summed E-state index contributed by atoms with van der Waals surface area (Å²) in [6.07, 6.45) is 9.31. The van der Waals surface area contributed by atoms with Crippen LogP contribution in [0.3, 0.4) is 0 Å². The molecule has 6 heteroatoms. The summed E-state index contributed by atoms with van der Waals surface area (Å²) in [5, 5.41) is 3.05. The Morgan fingerprint density at radius 2 is 1.27 bits per heavy atom. The molecule has 0 aliphatic carbocycles. The van der Waals surface area contributed by atoms with Crippen molar-refractivity contribution in [3.05, 3.63) is 134 Å². The lowest BCUT2D eigenvalue weighted by Crippen LogP contribution is -2.41. The normalized spacial score (nSPS) is 11.9. The van der Waals surface area contributed by atoms with E-state index >= 15 is 0 Å². The summed E-state index contributed by atoms with van der Waals surface area (Å²) in [5.74, 6) is 0.742. The van der Waals surface area contributed by atoms with Gasteiger partial charge in [0.25, 0.3) is 0 Å². The Morgan fingerprint density at radius 1 is 0.711 bits per heavy atom. The SMILES string of the molecule is COc1ccc(Cn2[nH]c(COCCCCCCCCCC(c3ccccc3)(c3ccccc3)C(C)(C)C)cc(=O)c2=O)cc1. The van der Waals surface area contributed by atoms with Crippen LogP contribution in [0.25, 0.3) is 0 Å². The van der Waals surface area contributed by atoms with Crippen LogP contribution in [0.15, 0.2) is 101 Å². The molecule has 0 aliphatic heterocycles. The largest absolute Gasteiger partial charge is 0.497 e. The summed E-state index contributed by atoms with van der Waals surface area (Å²) in [4.78, 5) is 24.6. The third kappa shape index (κ3) is 9.07. The van der Waals surface area contributed by atoms with Crippen molar-refractivity contribution in [2.75, 3.05) is 13.7 Å². The summed E-state index contributed by atoms with van der Waals surface area (Å²) < 4.78 is 12.4. The molecule has 0 radical (unpaired) electrons. The molecule has 4 rings (SSSR count). The maximum atomic E-state index is 12.4. The number of hydrogen-bond acceptors (Lipinski definition) is 4. The number of H-pyrrole nitrogens is 1. The van der Waals surface area contributed by atoms with E-state index in [0.717, 1.165) is 30.6 Å². The molecule has 6 nitrogen and oxygen atoms in total. The molecular weight excluding hydrogens is 560 g/mol. The van der Waals surface area contributed by atoms with E-state index < -0.39 is 11.0 Å². The highest BCUT2D eigenvalue weighted by Crippen LogP contribution is 2.50. The number of aromatic nitrogens is 2. The Hall–Kier alpha value is -3.90. The molecule has 3 aromatic carbocycles. The van der Waals surface area contributed by atoms with Gasteiger partial charge in [-0.1, -0.05) is 132 Å². The van der Waals surface area contributed by atoms with Crippen LogP contribution in [0.2, 0.25) is 0 Å². The first-order chi connectivity index (χ1) is 21.7. The standard InChI is InChI=1S/C39H50N2O4/c1-38(2,3)39(32-18-12-10-13-19-32,33-20-14-11-15-21-33)26-16-8-6-5-7-9-17-27-45-30-34-28-36(42)37(43)41(40-34)29-31-22-24-35(44-4)25-23-31/h10-15,18-25,28,40H,5-9,16-17,26-27,29-30H2,1-4H3. The maximum absolute atomic E-state index is 12.4. The van der Waals surface area contributed by atoms with Gasteiger partial charge in [-0.2, -0.15) is 0 Å². The first kappa shape index (κ1) is 34.0. The predicted molar refractivity (Wildman–Crippen MR) is 183 cm³/mol. The van der Waals surface area contributed by atoms with Crippen LogP contribution < -0.4 is 15.7 Å². The molecule has 1 N–H and O–H groups in total. The molecule has 240 valence electrons. The van der Waals surface area contributed by atoms with Crippen LogP contribution in [0, 0.1) is 5.41 Å². The molecule has 0 bridgehead atoms. The number of aromatic amines is 1. The first-order valence-corrected chi connectivity index (χ1v) is 16.4. The average molecular weight is 611 g/mol. The quantitative estimate of drug-likeness (QED) is 0.0965. The van der Waals surface area contributed by atoms with Crippen molar-refractivity contribution in [3.8, 4) is 5.75 Å². The molecule has 0 fully saturated rings. The van der Waals surface area contributed by atoms with Gasteiger partial charge in [-0.3, -0.25) is 14.7 Å². The molecular formula is C39H50N2O4. The van der Waals surface area contributed by atoms with Crippen LogP contribution in [0.5, 0.6) is 5.75 Å². The fourth-order valence-corrected chi connectivity index (χ4v) is 6.51. The zero-order valence-corrected chi connectivity index (χ0v) is 27.5. The summed E-state index contributed by atoms with van der Waals surface area (Å²) in [6, 6.07) is 30.9. The van der Waals surface area contributed by atoms with Crippen molar-refractivity contribution >= 4 is 0 Å². The lowest BCUT2D eigenvalue weighted by Gasteiger charge is -2.46. The maximum Gasteiger partial charge on any atom is 0.313 e.